The zero-order chi connectivity index (χ0) is 19.3. The predicted octanol–water partition coefficient (Wildman–Crippen LogP) is 1.48. The highest BCUT2D eigenvalue weighted by Crippen LogP contribution is 2.28. The molecular formula is C18H20FN9. The van der Waals surface area contributed by atoms with Gasteiger partial charge in [0.25, 0.3) is 0 Å². The molecule has 1 fully saturated rings. The number of hydrogen-bond donors (Lipinski definition) is 2. The molecule has 9 nitrogen and oxygen atoms in total. The van der Waals surface area contributed by atoms with Crippen molar-refractivity contribution in [1.82, 2.24) is 34.1 Å². The Balaban J connectivity index is 1.49. The normalized spacial score (nSPS) is 20.8. The summed E-state index contributed by atoms with van der Waals surface area (Å²) in [5.41, 5.74) is 9.23. The minimum atomic E-state index is -0.980. The van der Waals surface area contributed by atoms with Crippen LogP contribution < -0.4 is 11.1 Å². The lowest BCUT2D eigenvalue weighted by molar-refractivity contribution is 0.149. The van der Waals surface area contributed by atoms with Gasteiger partial charge in [0.2, 0.25) is 5.95 Å². The van der Waals surface area contributed by atoms with Gasteiger partial charge in [-0.3, -0.25) is 0 Å². The Morgan fingerprint density at radius 1 is 1.18 bits per heavy atom. The van der Waals surface area contributed by atoms with Gasteiger partial charge in [-0.2, -0.15) is 10.1 Å². The van der Waals surface area contributed by atoms with E-state index in [4.69, 9.17) is 5.73 Å². The van der Waals surface area contributed by atoms with Crippen molar-refractivity contribution in [2.24, 2.45) is 0 Å². The van der Waals surface area contributed by atoms with Gasteiger partial charge in [0, 0.05) is 37.1 Å². The van der Waals surface area contributed by atoms with Crippen LogP contribution >= 0.6 is 0 Å². The zero-order valence-electron chi connectivity index (χ0n) is 15.3. The quantitative estimate of drug-likeness (QED) is 0.554. The van der Waals surface area contributed by atoms with E-state index in [1.807, 2.05) is 36.3 Å². The molecule has 5 rings (SSSR count). The van der Waals surface area contributed by atoms with Crippen molar-refractivity contribution in [1.29, 1.82) is 0 Å². The molecule has 1 aliphatic rings. The van der Waals surface area contributed by atoms with Gasteiger partial charge in [-0.15, -0.1) is 5.10 Å². The second-order valence-electron chi connectivity index (χ2n) is 7.11. The number of fused-ring (bicyclic) bond motifs is 2. The number of piperidine rings is 1. The van der Waals surface area contributed by atoms with Crippen molar-refractivity contribution in [3.05, 3.63) is 36.8 Å². The van der Waals surface area contributed by atoms with E-state index in [1.54, 1.807) is 21.4 Å². The third kappa shape index (κ3) is 2.82. The smallest absolute Gasteiger partial charge is 0.243 e. The Labute approximate surface area is 160 Å². The van der Waals surface area contributed by atoms with E-state index in [9.17, 15) is 4.39 Å². The van der Waals surface area contributed by atoms with Crippen LogP contribution in [0.3, 0.4) is 0 Å². The zero-order valence-corrected chi connectivity index (χ0v) is 15.3. The van der Waals surface area contributed by atoms with E-state index in [1.165, 1.54) is 0 Å². The Morgan fingerprint density at radius 2 is 2.04 bits per heavy atom. The molecule has 144 valence electrons. The monoisotopic (exact) mass is 381 g/mol. The number of likely N-dealkylation sites (tertiary alicyclic amines) is 1. The number of alkyl halides is 1. The number of anilines is 2. The fourth-order valence-electron chi connectivity index (χ4n) is 3.67. The van der Waals surface area contributed by atoms with Crippen molar-refractivity contribution < 1.29 is 4.39 Å². The molecule has 4 aromatic heterocycles. The van der Waals surface area contributed by atoms with Gasteiger partial charge >= 0.3 is 0 Å². The van der Waals surface area contributed by atoms with Crippen molar-refractivity contribution in [2.45, 2.75) is 18.6 Å². The minimum absolute atomic E-state index is 0.316. The first-order valence-corrected chi connectivity index (χ1v) is 9.13. The number of rotatable bonds is 3. The van der Waals surface area contributed by atoms with E-state index in [0.717, 1.165) is 23.4 Å². The van der Waals surface area contributed by atoms with Crippen LogP contribution in [0.1, 0.15) is 6.42 Å². The average molecular weight is 381 g/mol. The molecule has 0 saturated carbocycles. The van der Waals surface area contributed by atoms with Crippen molar-refractivity contribution >= 4 is 22.9 Å². The molecule has 3 N–H and O–H groups in total. The summed E-state index contributed by atoms with van der Waals surface area (Å²) in [6.07, 6.45) is 5.05. The third-order valence-corrected chi connectivity index (χ3v) is 5.13. The van der Waals surface area contributed by atoms with Crippen molar-refractivity contribution in [3.63, 3.8) is 0 Å². The Morgan fingerprint density at radius 3 is 2.89 bits per heavy atom. The van der Waals surface area contributed by atoms with Gasteiger partial charge < -0.3 is 16.0 Å². The number of hydrogen-bond acceptors (Lipinski definition) is 7. The largest absolute Gasteiger partial charge is 0.382 e. The highest BCUT2D eigenvalue weighted by Gasteiger charge is 2.28. The molecule has 28 heavy (non-hydrogen) atoms. The van der Waals surface area contributed by atoms with Gasteiger partial charge in [0.05, 0.1) is 17.9 Å². The summed E-state index contributed by atoms with van der Waals surface area (Å²) in [5.74, 6) is 0.638. The maximum absolute atomic E-state index is 14.3. The van der Waals surface area contributed by atoms with Crippen LogP contribution in [0.4, 0.5) is 16.2 Å². The van der Waals surface area contributed by atoms with Crippen molar-refractivity contribution in [3.8, 4) is 11.3 Å². The second-order valence-corrected chi connectivity index (χ2v) is 7.11. The lowest BCUT2D eigenvalue weighted by atomic mass is 10.0. The van der Waals surface area contributed by atoms with Gasteiger partial charge in [0.1, 0.15) is 11.7 Å². The molecule has 0 aromatic carbocycles. The molecule has 0 aliphatic carbocycles. The molecule has 1 saturated heterocycles. The molecule has 1 aliphatic heterocycles. The Kier molecular flexibility index (Phi) is 3.86. The predicted molar refractivity (Wildman–Crippen MR) is 104 cm³/mol. The van der Waals surface area contributed by atoms with Crippen LogP contribution in [0, 0.1) is 0 Å². The van der Waals surface area contributed by atoms with E-state index >= 15 is 0 Å². The molecule has 10 heteroatoms. The van der Waals surface area contributed by atoms with Gasteiger partial charge in [-0.1, -0.05) is 0 Å². The summed E-state index contributed by atoms with van der Waals surface area (Å²) >= 11 is 0. The summed E-state index contributed by atoms with van der Waals surface area (Å²) < 4.78 is 17.7. The van der Waals surface area contributed by atoms with Gasteiger partial charge in [-0.05, 0) is 25.6 Å². The molecular weight excluding hydrogens is 361 g/mol. The number of aromatic nitrogens is 6. The number of nitrogens with zero attached hydrogens (tertiary/aromatic N) is 7. The molecule has 0 spiro atoms. The standard InChI is InChI=1S/C18H20FN9/c1-26-7-4-14(12(19)10-26)23-18-24-17(20)16-11(3-8-28(16)25-18)13-5-9-27-15(22-13)2-6-21-27/h2-3,5-6,8-9,12,14H,4,7,10H2,1H3,(H3,20,23,24,25)/t12-,14+/m1/s1. The van der Waals surface area contributed by atoms with Gasteiger partial charge in [-0.25, -0.2) is 18.4 Å². The fraction of sp³-hybridized carbons (Fsp3) is 0.333. The van der Waals surface area contributed by atoms with Crippen LogP contribution in [0.25, 0.3) is 22.4 Å². The maximum atomic E-state index is 14.3. The van der Waals surface area contributed by atoms with Crippen molar-refractivity contribution in [2.75, 3.05) is 31.2 Å². The first-order valence-electron chi connectivity index (χ1n) is 9.13. The van der Waals surface area contributed by atoms with Crippen LogP contribution in [0.15, 0.2) is 36.8 Å². The molecule has 0 bridgehead atoms. The summed E-state index contributed by atoms with van der Waals surface area (Å²) in [4.78, 5) is 11.0. The minimum Gasteiger partial charge on any atom is -0.382 e. The van der Waals surface area contributed by atoms with E-state index in [2.05, 4.69) is 25.5 Å². The van der Waals surface area contributed by atoms with Crippen LogP contribution in [-0.4, -0.2) is 66.4 Å². The highest BCUT2D eigenvalue weighted by atomic mass is 19.1. The first-order chi connectivity index (χ1) is 13.6. The summed E-state index contributed by atoms with van der Waals surface area (Å²) in [6, 6.07) is 5.27. The number of halogens is 1. The van der Waals surface area contributed by atoms with Crippen LogP contribution in [0.5, 0.6) is 0 Å². The fourth-order valence-corrected chi connectivity index (χ4v) is 3.67. The lowest BCUT2D eigenvalue weighted by Crippen LogP contribution is -2.46. The molecule has 0 amide bonds. The third-order valence-electron chi connectivity index (χ3n) is 5.13. The molecule has 2 atom stereocenters. The van der Waals surface area contributed by atoms with E-state index < -0.39 is 6.17 Å². The summed E-state index contributed by atoms with van der Waals surface area (Å²) in [5, 5.41) is 11.7. The summed E-state index contributed by atoms with van der Waals surface area (Å²) in [6.45, 7) is 1.22. The highest BCUT2D eigenvalue weighted by molar-refractivity contribution is 5.86. The summed E-state index contributed by atoms with van der Waals surface area (Å²) in [7, 11) is 1.92. The lowest BCUT2D eigenvalue weighted by Gasteiger charge is -2.32. The maximum Gasteiger partial charge on any atom is 0.243 e. The molecule has 0 radical (unpaired) electrons. The Hall–Kier alpha value is -3.27. The number of nitrogens with two attached hydrogens (primary N) is 1. The van der Waals surface area contributed by atoms with E-state index in [0.29, 0.717) is 30.2 Å². The van der Waals surface area contributed by atoms with Gasteiger partial charge in [0.15, 0.2) is 11.5 Å². The average Bonchev–Trinajstić information content (AvgIpc) is 3.30. The number of nitrogens with one attached hydrogen (secondary N) is 1. The SMILES string of the molecule is CN1CC[C@H](Nc2nc(N)c3c(-c4ccn5nccc5n4)ccn3n2)[C@H](F)C1. The molecule has 5 heterocycles. The first kappa shape index (κ1) is 16.9. The topological polar surface area (TPSA) is 102 Å². The second kappa shape index (κ2) is 6.41. The molecule has 0 unspecified atom stereocenters. The van der Waals surface area contributed by atoms with E-state index in [-0.39, 0.29) is 6.04 Å². The Bertz CT molecular complexity index is 1150. The van der Waals surface area contributed by atoms with Crippen LogP contribution in [-0.2, 0) is 0 Å². The van der Waals surface area contributed by atoms with Crippen LogP contribution in [0.2, 0.25) is 0 Å². The number of nitrogen functional groups attached to an aromatic ring is 1. The molecule has 4 aromatic rings.